The van der Waals surface area contributed by atoms with E-state index >= 15 is 0 Å². The van der Waals surface area contributed by atoms with Crippen LogP contribution in [0.5, 0.6) is 5.75 Å². The van der Waals surface area contributed by atoms with Crippen molar-refractivity contribution in [1.82, 2.24) is 5.43 Å². The second-order valence-corrected chi connectivity index (χ2v) is 5.26. The minimum atomic E-state index is -0.857. The molecule has 6 nitrogen and oxygen atoms in total. The largest absolute Gasteiger partial charge is 0.497 e. The van der Waals surface area contributed by atoms with E-state index in [2.05, 4.69) is 31.8 Å². The highest BCUT2D eigenvalue weighted by Crippen LogP contribution is 2.15. The van der Waals surface area contributed by atoms with Gasteiger partial charge in [0.2, 0.25) is 0 Å². The van der Waals surface area contributed by atoms with Gasteiger partial charge in [0.25, 0.3) is 0 Å². The summed E-state index contributed by atoms with van der Waals surface area (Å²) in [5, 5.41) is 6.22. The fourth-order valence-electron chi connectivity index (χ4n) is 1.65. The topological polar surface area (TPSA) is 79.8 Å². The van der Waals surface area contributed by atoms with Crippen molar-refractivity contribution in [3.8, 4) is 5.75 Å². The normalized spacial score (nSPS) is 10.3. The van der Waals surface area contributed by atoms with Crippen LogP contribution in [0.3, 0.4) is 0 Å². The summed E-state index contributed by atoms with van der Waals surface area (Å²) in [6.07, 6.45) is 1.45. The summed E-state index contributed by atoms with van der Waals surface area (Å²) >= 11 is 3.35. The van der Waals surface area contributed by atoms with Gasteiger partial charge < -0.3 is 10.1 Å². The molecule has 0 bridgehead atoms. The molecule has 2 rings (SSSR count). The van der Waals surface area contributed by atoms with E-state index < -0.39 is 11.8 Å². The number of methoxy groups -OCH3 is 1. The Balaban J connectivity index is 1.89. The molecule has 0 fully saturated rings. The predicted octanol–water partition coefficient (Wildman–Crippen LogP) is 2.55. The number of nitrogens with zero attached hydrogens (tertiary/aromatic N) is 1. The first kappa shape index (κ1) is 16.7. The molecule has 0 aliphatic carbocycles. The van der Waals surface area contributed by atoms with Crippen molar-refractivity contribution in [2.45, 2.75) is 0 Å². The number of hydrogen-bond donors (Lipinski definition) is 2. The Kier molecular flexibility index (Phi) is 5.87. The maximum atomic E-state index is 11.7. The monoisotopic (exact) mass is 375 g/mol. The Labute approximate surface area is 141 Å². The van der Waals surface area contributed by atoms with Crippen LogP contribution < -0.4 is 15.5 Å². The van der Waals surface area contributed by atoms with Crippen molar-refractivity contribution >= 4 is 39.6 Å². The molecule has 0 heterocycles. The summed E-state index contributed by atoms with van der Waals surface area (Å²) in [6.45, 7) is 0. The fourth-order valence-corrected chi connectivity index (χ4v) is 2.04. The van der Waals surface area contributed by atoms with E-state index in [0.717, 1.165) is 10.0 Å². The van der Waals surface area contributed by atoms with E-state index in [1.54, 1.807) is 31.4 Å². The van der Waals surface area contributed by atoms with Crippen LogP contribution in [0.15, 0.2) is 58.1 Å². The lowest BCUT2D eigenvalue weighted by atomic mass is 10.2. The molecule has 2 aromatic rings. The predicted molar refractivity (Wildman–Crippen MR) is 91.5 cm³/mol. The molecular weight excluding hydrogens is 362 g/mol. The van der Waals surface area contributed by atoms with Crippen molar-refractivity contribution < 1.29 is 14.3 Å². The first-order valence-corrected chi connectivity index (χ1v) is 7.42. The van der Waals surface area contributed by atoms with E-state index in [9.17, 15) is 9.59 Å². The summed E-state index contributed by atoms with van der Waals surface area (Å²) in [5.41, 5.74) is 3.44. The van der Waals surface area contributed by atoms with Gasteiger partial charge in [-0.25, -0.2) is 5.43 Å². The molecule has 7 heteroatoms. The number of hydrogen-bond acceptors (Lipinski definition) is 4. The number of benzene rings is 2. The third-order valence-corrected chi connectivity index (χ3v) is 3.55. The quantitative estimate of drug-likeness (QED) is 0.489. The van der Waals surface area contributed by atoms with Gasteiger partial charge in [-0.05, 0) is 30.3 Å². The molecule has 0 saturated carbocycles. The van der Waals surface area contributed by atoms with E-state index in [1.165, 1.54) is 6.21 Å². The Hall–Kier alpha value is -2.67. The van der Waals surface area contributed by atoms with Gasteiger partial charge in [-0.1, -0.05) is 34.1 Å². The molecule has 0 aromatic heterocycles. The van der Waals surface area contributed by atoms with E-state index in [4.69, 9.17) is 4.74 Å². The van der Waals surface area contributed by atoms with Gasteiger partial charge in [-0.3, -0.25) is 9.59 Å². The van der Waals surface area contributed by atoms with Crippen molar-refractivity contribution in [3.63, 3.8) is 0 Å². The Morgan fingerprint density at radius 3 is 2.43 bits per heavy atom. The fraction of sp³-hybridized carbons (Fsp3) is 0.0625. The Morgan fingerprint density at radius 2 is 1.78 bits per heavy atom. The summed E-state index contributed by atoms with van der Waals surface area (Å²) in [7, 11) is 1.55. The lowest BCUT2D eigenvalue weighted by Crippen LogP contribution is -2.32. The van der Waals surface area contributed by atoms with Gasteiger partial charge in [-0.15, -0.1) is 0 Å². The van der Waals surface area contributed by atoms with Crippen molar-refractivity contribution in [2.75, 3.05) is 12.4 Å². The van der Waals surface area contributed by atoms with Crippen LogP contribution in [0, 0.1) is 0 Å². The smallest absolute Gasteiger partial charge is 0.329 e. The minimum Gasteiger partial charge on any atom is -0.497 e. The number of anilines is 1. The number of hydrazone groups is 1. The number of rotatable bonds is 4. The van der Waals surface area contributed by atoms with Gasteiger partial charge in [0.15, 0.2) is 0 Å². The standard InChI is InChI=1S/C16H14BrN3O3/c1-23-13-8-6-12(7-9-13)19-15(21)16(22)20-18-10-11-4-2-3-5-14(11)17/h2-10H,1H3,(H,19,21)(H,20,22)/b18-10-. The number of carbonyl (C=O) groups is 2. The number of ether oxygens (including phenoxy) is 1. The van der Waals surface area contributed by atoms with Gasteiger partial charge in [0, 0.05) is 15.7 Å². The molecule has 2 N–H and O–H groups in total. The molecule has 2 amide bonds. The summed E-state index contributed by atoms with van der Waals surface area (Å²) in [5.74, 6) is -1.01. The summed E-state index contributed by atoms with van der Waals surface area (Å²) in [6, 6.07) is 14.0. The molecule has 0 radical (unpaired) electrons. The number of halogens is 1. The van der Waals surface area contributed by atoms with Gasteiger partial charge in [-0.2, -0.15) is 5.10 Å². The summed E-state index contributed by atoms with van der Waals surface area (Å²) < 4.78 is 5.85. The molecule has 0 aliphatic heterocycles. The van der Waals surface area contributed by atoms with Crippen LogP contribution in [0.4, 0.5) is 5.69 Å². The molecule has 0 spiro atoms. The molecule has 23 heavy (non-hydrogen) atoms. The van der Waals surface area contributed by atoms with Crippen LogP contribution in [-0.2, 0) is 9.59 Å². The SMILES string of the molecule is COc1ccc(NC(=O)C(=O)N/N=C\c2ccccc2Br)cc1. The van der Waals surface area contributed by atoms with Gasteiger partial charge in [0.05, 0.1) is 13.3 Å². The average molecular weight is 376 g/mol. The molecule has 118 valence electrons. The van der Waals surface area contributed by atoms with Crippen LogP contribution in [-0.4, -0.2) is 25.1 Å². The second kappa shape index (κ2) is 8.09. The number of amides is 2. The van der Waals surface area contributed by atoms with Crippen molar-refractivity contribution in [2.24, 2.45) is 5.10 Å². The zero-order chi connectivity index (χ0) is 16.7. The molecule has 0 atom stereocenters. The summed E-state index contributed by atoms with van der Waals surface area (Å²) in [4.78, 5) is 23.4. The first-order chi connectivity index (χ1) is 11.1. The minimum absolute atomic E-state index is 0.487. The van der Waals surface area contributed by atoms with Gasteiger partial charge >= 0.3 is 11.8 Å². The molecule has 0 unspecified atom stereocenters. The molecule has 2 aromatic carbocycles. The Bertz CT molecular complexity index is 730. The maximum Gasteiger partial charge on any atom is 0.329 e. The van der Waals surface area contributed by atoms with Crippen LogP contribution in [0.1, 0.15) is 5.56 Å². The van der Waals surface area contributed by atoms with E-state index in [0.29, 0.717) is 11.4 Å². The van der Waals surface area contributed by atoms with Crippen molar-refractivity contribution in [1.29, 1.82) is 0 Å². The molecule has 0 aliphatic rings. The highest BCUT2D eigenvalue weighted by molar-refractivity contribution is 9.10. The van der Waals surface area contributed by atoms with Crippen LogP contribution in [0.2, 0.25) is 0 Å². The average Bonchev–Trinajstić information content (AvgIpc) is 2.57. The third kappa shape index (κ3) is 4.93. The number of nitrogens with one attached hydrogen (secondary N) is 2. The zero-order valence-corrected chi connectivity index (χ0v) is 13.8. The van der Waals surface area contributed by atoms with Crippen LogP contribution >= 0.6 is 15.9 Å². The van der Waals surface area contributed by atoms with E-state index in [-0.39, 0.29) is 0 Å². The lowest BCUT2D eigenvalue weighted by molar-refractivity contribution is -0.136. The van der Waals surface area contributed by atoms with Crippen molar-refractivity contribution in [3.05, 3.63) is 58.6 Å². The highest BCUT2D eigenvalue weighted by atomic mass is 79.9. The number of carbonyl (C=O) groups excluding carboxylic acids is 2. The molecular formula is C16H14BrN3O3. The lowest BCUT2D eigenvalue weighted by Gasteiger charge is -2.05. The molecule has 0 saturated heterocycles. The first-order valence-electron chi connectivity index (χ1n) is 6.63. The zero-order valence-electron chi connectivity index (χ0n) is 12.2. The maximum absolute atomic E-state index is 11.7. The Morgan fingerprint density at radius 1 is 1.09 bits per heavy atom. The van der Waals surface area contributed by atoms with Gasteiger partial charge in [0.1, 0.15) is 5.75 Å². The highest BCUT2D eigenvalue weighted by Gasteiger charge is 2.12. The van der Waals surface area contributed by atoms with E-state index in [1.807, 2.05) is 24.3 Å². The van der Waals surface area contributed by atoms with Crippen LogP contribution in [0.25, 0.3) is 0 Å². The second-order valence-electron chi connectivity index (χ2n) is 4.40. The third-order valence-electron chi connectivity index (χ3n) is 2.83.